The van der Waals surface area contributed by atoms with Crippen LogP contribution in [0.15, 0.2) is 34.9 Å². The van der Waals surface area contributed by atoms with E-state index in [4.69, 9.17) is 4.74 Å². The van der Waals surface area contributed by atoms with Gasteiger partial charge >= 0.3 is 5.97 Å². The smallest absolute Gasteiger partial charge is 0.360 e. The zero-order valence-electron chi connectivity index (χ0n) is 9.13. The van der Waals surface area contributed by atoms with E-state index in [0.29, 0.717) is 6.61 Å². The summed E-state index contributed by atoms with van der Waals surface area (Å²) in [5, 5.41) is 8.05. The number of aromatic nitrogens is 3. The number of hydrogen-bond acceptors (Lipinski definition) is 4. The van der Waals surface area contributed by atoms with Crippen LogP contribution in [0.2, 0.25) is 0 Å². The summed E-state index contributed by atoms with van der Waals surface area (Å²) in [5.41, 5.74) is 0.985. The van der Waals surface area contributed by atoms with Gasteiger partial charge in [0.1, 0.15) is 0 Å². The second kappa shape index (κ2) is 5.09. The molecule has 0 bridgehead atoms. The van der Waals surface area contributed by atoms with E-state index >= 15 is 0 Å². The number of ether oxygens (including phenoxy) is 1. The van der Waals surface area contributed by atoms with Gasteiger partial charge in [0, 0.05) is 4.47 Å². The molecule has 0 N–H and O–H groups in total. The summed E-state index contributed by atoms with van der Waals surface area (Å²) in [5.74, 6) is -0.462. The van der Waals surface area contributed by atoms with Gasteiger partial charge in [-0.2, -0.15) is 9.90 Å². The lowest BCUT2D eigenvalue weighted by molar-refractivity contribution is 0.0519. The average Bonchev–Trinajstić information content (AvgIpc) is 2.80. The topological polar surface area (TPSA) is 57.0 Å². The third kappa shape index (κ3) is 2.71. The number of halogens is 1. The van der Waals surface area contributed by atoms with Crippen LogP contribution in [-0.4, -0.2) is 27.6 Å². The van der Waals surface area contributed by atoms with Gasteiger partial charge in [0.05, 0.1) is 18.5 Å². The van der Waals surface area contributed by atoms with Crippen molar-refractivity contribution in [2.24, 2.45) is 0 Å². The summed E-state index contributed by atoms with van der Waals surface area (Å²) < 4.78 is 5.81. The quantitative estimate of drug-likeness (QED) is 0.815. The zero-order valence-corrected chi connectivity index (χ0v) is 10.7. The minimum absolute atomic E-state index is 0.203. The lowest BCUT2D eigenvalue weighted by Crippen LogP contribution is -2.06. The molecule has 17 heavy (non-hydrogen) atoms. The lowest BCUT2D eigenvalue weighted by Gasteiger charge is -1.99. The second-order valence-electron chi connectivity index (χ2n) is 3.22. The molecule has 2 rings (SSSR count). The number of rotatable bonds is 3. The summed E-state index contributed by atoms with van der Waals surface area (Å²) in [6.45, 7) is 2.07. The van der Waals surface area contributed by atoms with E-state index in [2.05, 4.69) is 26.1 Å². The summed E-state index contributed by atoms with van der Waals surface area (Å²) >= 11 is 3.34. The lowest BCUT2D eigenvalue weighted by atomic mass is 10.3. The fourth-order valence-corrected chi connectivity index (χ4v) is 1.52. The van der Waals surface area contributed by atoms with Gasteiger partial charge in [-0.05, 0) is 31.2 Å². The Balaban J connectivity index is 2.23. The number of benzene rings is 1. The first-order chi connectivity index (χ1) is 8.20. The van der Waals surface area contributed by atoms with Crippen molar-refractivity contribution in [1.82, 2.24) is 15.0 Å². The molecule has 0 unspecified atom stereocenters. The molecule has 1 heterocycles. The molecule has 0 amide bonds. The van der Waals surface area contributed by atoms with Crippen molar-refractivity contribution < 1.29 is 9.53 Å². The monoisotopic (exact) mass is 295 g/mol. The number of esters is 1. The van der Waals surface area contributed by atoms with Crippen LogP contribution in [-0.2, 0) is 4.74 Å². The Bertz CT molecular complexity index is 522. The highest BCUT2D eigenvalue weighted by atomic mass is 79.9. The zero-order chi connectivity index (χ0) is 12.3. The maximum atomic E-state index is 11.4. The number of carbonyl (C=O) groups excluding carboxylic acids is 1. The summed E-state index contributed by atoms with van der Waals surface area (Å²) in [6.07, 6.45) is 1.39. The molecule has 0 radical (unpaired) electrons. The second-order valence-corrected chi connectivity index (χ2v) is 4.13. The van der Waals surface area contributed by atoms with E-state index in [9.17, 15) is 4.79 Å². The minimum atomic E-state index is -0.462. The van der Waals surface area contributed by atoms with Gasteiger partial charge in [0.15, 0.2) is 5.69 Å². The Morgan fingerprint density at radius 2 is 2.12 bits per heavy atom. The Labute approximate surface area is 107 Å². The van der Waals surface area contributed by atoms with E-state index in [0.717, 1.165) is 10.2 Å². The van der Waals surface area contributed by atoms with Crippen LogP contribution < -0.4 is 0 Å². The van der Waals surface area contributed by atoms with Gasteiger partial charge in [-0.1, -0.05) is 15.9 Å². The molecule has 6 heteroatoms. The Hall–Kier alpha value is -1.69. The Kier molecular flexibility index (Phi) is 3.53. The van der Waals surface area contributed by atoms with Gasteiger partial charge in [-0.25, -0.2) is 4.79 Å². The van der Waals surface area contributed by atoms with Crippen molar-refractivity contribution >= 4 is 21.9 Å². The van der Waals surface area contributed by atoms with Crippen LogP contribution in [0, 0.1) is 0 Å². The average molecular weight is 296 g/mol. The standard InChI is InChI=1S/C11H10BrN3O2/c1-2-17-11(16)10-7-13-15(14-10)9-5-3-8(12)4-6-9/h3-7H,2H2,1H3. The van der Waals surface area contributed by atoms with Crippen molar-refractivity contribution in [2.75, 3.05) is 6.61 Å². The van der Waals surface area contributed by atoms with Crippen molar-refractivity contribution in [3.63, 3.8) is 0 Å². The predicted octanol–water partition coefficient (Wildman–Crippen LogP) is 2.21. The molecule has 0 atom stereocenters. The third-order valence-electron chi connectivity index (χ3n) is 2.03. The summed E-state index contributed by atoms with van der Waals surface area (Å²) in [6, 6.07) is 7.45. The highest BCUT2D eigenvalue weighted by Crippen LogP contribution is 2.12. The summed E-state index contributed by atoms with van der Waals surface area (Å²) in [7, 11) is 0. The Morgan fingerprint density at radius 1 is 1.41 bits per heavy atom. The fraction of sp³-hybridized carbons (Fsp3) is 0.182. The molecule has 0 saturated heterocycles. The van der Waals surface area contributed by atoms with E-state index in [-0.39, 0.29) is 5.69 Å². The van der Waals surface area contributed by atoms with Gasteiger partial charge in [-0.15, -0.1) is 5.10 Å². The Morgan fingerprint density at radius 3 is 2.76 bits per heavy atom. The van der Waals surface area contributed by atoms with Gasteiger partial charge < -0.3 is 4.74 Å². The van der Waals surface area contributed by atoms with Crippen LogP contribution in [0.3, 0.4) is 0 Å². The van der Waals surface area contributed by atoms with E-state index < -0.39 is 5.97 Å². The highest BCUT2D eigenvalue weighted by Gasteiger charge is 2.11. The SMILES string of the molecule is CCOC(=O)c1cnn(-c2ccc(Br)cc2)n1. The van der Waals surface area contributed by atoms with Crippen LogP contribution in [0.1, 0.15) is 17.4 Å². The first-order valence-corrected chi connectivity index (χ1v) is 5.85. The normalized spacial score (nSPS) is 10.2. The molecule has 1 aromatic carbocycles. The van der Waals surface area contributed by atoms with Crippen molar-refractivity contribution in [2.45, 2.75) is 6.92 Å². The molecule has 88 valence electrons. The predicted molar refractivity (Wildman–Crippen MR) is 65.0 cm³/mol. The van der Waals surface area contributed by atoms with Gasteiger partial charge in [0.25, 0.3) is 0 Å². The summed E-state index contributed by atoms with van der Waals surface area (Å²) in [4.78, 5) is 12.8. The van der Waals surface area contributed by atoms with Crippen LogP contribution in [0.4, 0.5) is 0 Å². The molecule has 0 aliphatic carbocycles. The third-order valence-corrected chi connectivity index (χ3v) is 2.56. The first kappa shape index (κ1) is 11.8. The maximum absolute atomic E-state index is 11.4. The largest absolute Gasteiger partial charge is 0.461 e. The van der Waals surface area contributed by atoms with E-state index in [1.54, 1.807) is 6.92 Å². The fourth-order valence-electron chi connectivity index (χ4n) is 1.26. The highest BCUT2D eigenvalue weighted by molar-refractivity contribution is 9.10. The van der Waals surface area contributed by atoms with Gasteiger partial charge in [-0.3, -0.25) is 0 Å². The molecule has 0 spiro atoms. The molecule has 0 saturated carbocycles. The molecule has 0 fully saturated rings. The number of nitrogens with zero attached hydrogens (tertiary/aromatic N) is 3. The number of hydrogen-bond donors (Lipinski definition) is 0. The van der Waals surface area contributed by atoms with E-state index in [1.165, 1.54) is 11.0 Å². The molecule has 5 nitrogen and oxygen atoms in total. The van der Waals surface area contributed by atoms with Gasteiger partial charge in [0.2, 0.25) is 0 Å². The van der Waals surface area contributed by atoms with Crippen molar-refractivity contribution in [1.29, 1.82) is 0 Å². The molecule has 1 aromatic heterocycles. The molecular weight excluding hydrogens is 286 g/mol. The van der Waals surface area contributed by atoms with Crippen LogP contribution in [0.5, 0.6) is 0 Å². The first-order valence-electron chi connectivity index (χ1n) is 5.06. The van der Waals surface area contributed by atoms with Crippen molar-refractivity contribution in [3.8, 4) is 5.69 Å². The maximum Gasteiger partial charge on any atom is 0.360 e. The van der Waals surface area contributed by atoms with Crippen LogP contribution >= 0.6 is 15.9 Å². The number of carbonyl (C=O) groups is 1. The minimum Gasteiger partial charge on any atom is -0.461 e. The molecule has 0 aliphatic rings. The van der Waals surface area contributed by atoms with Crippen LogP contribution in [0.25, 0.3) is 5.69 Å². The molecule has 2 aromatic rings. The molecule has 0 aliphatic heterocycles. The van der Waals surface area contributed by atoms with Crippen molar-refractivity contribution in [3.05, 3.63) is 40.6 Å². The van der Waals surface area contributed by atoms with E-state index in [1.807, 2.05) is 24.3 Å². The molecular formula is C11H10BrN3O2.